The van der Waals surface area contributed by atoms with Gasteiger partial charge in [-0.15, -0.1) is 6.58 Å². The van der Waals surface area contributed by atoms with Crippen LogP contribution < -0.4 is 9.80 Å². The van der Waals surface area contributed by atoms with Gasteiger partial charge in [0, 0.05) is 58.5 Å². The van der Waals surface area contributed by atoms with E-state index in [-0.39, 0.29) is 0 Å². The lowest BCUT2D eigenvalue weighted by atomic mass is 10.0. The number of rotatable bonds is 7. The van der Waals surface area contributed by atoms with Crippen LogP contribution in [0.25, 0.3) is 27.5 Å². The van der Waals surface area contributed by atoms with Gasteiger partial charge in [0.2, 0.25) is 0 Å². The van der Waals surface area contributed by atoms with E-state index in [1.54, 1.807) is 0 Å². The first kappa shape index (κ1) is 26.8. The topological polar surface area (TPSA) is 11.4 Å². The Hall–Kier alpha value is -4.76. The SMILES string of the molecule is C=CCC=C(/C=C\C)N(C)c1cc2c3ccccc3n(C)c2cc1/C1=C/C/C=C\C=C/C(=C)N1c1ccccc1. The van der Waals surface area contributed by atoms with Crippen LogP contribution in [0, 0.1) is 0 Å². The van der Waals surface area contributed by atoms with E-state index < -0.39 is 0 Å². The van der Waals surface area contributed by atoms with Crippen molar-refractivity contribution >= 4 is 38.9 Å². The molecule has 2 heterocycles. The highest BCUT2D eigenvalue weighted by Crippen LogP contribution is 2.41. The number of likely N-dealkylation sites (N-methyl/N-ethyl adjacent to an activating group) is 1. The highest BCUT2D eigenvalue weighted by molar-refractivity contribution is 6.11. The van der Waals surface area contributed by atoms with Crippen molar-refractivity contribution in [3.8, 4) is 0 Å². The molecule has 0 N–H and O–H groups in total. The van der Waals surface area contributed by atoms with Crippen LogP contribution in [0.1, 0.15) is 25.3 Å². The maximum absolute atomic E-state index is 4.50. The predicted molar refractivity (Wildman–Crippen MR) is 175 cm³/mol. The molecule has 0 unspecified atom stereocenters. The largest absolute Gasteiger partial charge is 0.344 e. The van der Waals surface area contributed by atoms with Gasteiger partial charge in [-0.25, -0.2) is 0 Å². The smallest absolute Gasteiger partial charge is 0.0518 e. The number of benzene rings is 3. The Labute approximate surface area is 238 Å². The maximum atomic E-state index is 4.50. The molecule has 0 aliphatic carbocycles. The van der Waals surface area contributed by atoms with Gasteiger partial charge in [0.05, 0.1) is 11.4 Å². The highest BCUT2D eigenvalue weighted by Gasteiger charge is 2.23. The summed E-state index contributed by atoms with van der Waals surface area (Å²) in [6.07, 6.45) is 20.8. The van der Waals surface area contributed by atoms with Gasteiger partial charge in [-0.05, 0) is 62.2 Å². The van der Waals surface area contributed by atoms with Crippen LogP contribution in [0.15, 0.2) is 146 Å². The van der Waals surface area contributed by atoms with Gasteiger partial charge in [-0.1, -0.05) is 85.5 Å². The normalized spacial score (nSPS) is 17.4. The van der Waals surface area contributed by atoms with Crippen molar-refractivity contribution in [2.24, 2.45) is 7.05 Å². The van der Waals surface area contributed by atoms with Gasteiger partial charge in [-0.3, -0.25) is 0 Å². The van der Waals surface area contributed by atoms with E-state index in [1.807, 2.05) is 6.08 Å². The van der Waals surface area contributed by atoms with E-state index in [0.717, 1.165) is 46.9 Å². The van der Waals surface area contributed by atoms with E-state index in [2.05, 4.69) is 164 Å². The van der Waals surface area contributed by atoms with Crippen molar-refractivity contribution in [3.63, 3.8) is 0 Å². The molecular formula is C37H37N3. The number of anilines is 2. The van der Waals surface area contributed by atoms with E-state index in [9.17, 15) is 0 Å². The van der Waals surface area contributed by atoms with Gasteiger partial charge in [0.25, 0.3) is 0 Å². The summed E-state index contributed by atoms with van der Waals surface area (Å²) in [4.78, 5) is 4.57. The Morgan fingerprint density at radius 1 is 0.975 bits per heavy atom. The molecule has 40 heavy (non-hydrogen) atoms. The van der Waals surface area contributed by atoms with Gasteiger partial charge < -0.3 is 14.4 Å². The molecular weight excluding hydrogens is 486 g/mol. The van der Waals surface area contributed by atoms with Crippen LogP contribution >= 0.6 is 0 Å². The lowest BCUT2D eigenvalue weighted by Gasteiger charge is -2.32. The first-order valence-corrected chi connectivity index (χ1v) is 13.8. The zero-order chi connectivity index (χ0) is 28.1. The summed E-state index contributed by atoms with van der Waals surface area (Å²) in [5.74, 6) is 0. The zero-order valence-electron chi connectivity index (χ0n) is 23.7. The number of para-hydroxylation sites is 2. The van der Waals surface area contributed by atoms with Crippen molar-refractivity contribution in [3.05, 3.63) is 152 Å². The summed E-state index contributed by atoms with van der Waals surface area (Å²) in [6, 6.07) is 23.8. The molecule has 3 aromatic carbocycles. The second-order valence-electron chi connectivity index (χ2n) is 9.95. The molecule has 0 amide bonds. The van der Waals surface area contributed by atoms with E-state index in [1.165, 1.54) is 21.8 Å². The van der Waals surface area contributed by atoms with E-state index in [0.29, 0.717) is 0 Å². The van der Waals surface area contributed by atoms with Crippen LogP contribution in [0.3, 0.4) is 0 Å². The molecule has 3 heteroatoms. The van der Waals surface area contributed by atoms with Crippen LogP contribution in [-0.2, 0) is 7.05 Å². The molecule has 0 fully saturated rings. The predicted octanol–water partition coefficient (Wildman–Crippen LogP) is 9.68. The van der Waals surface area contributed by atoms with Crippen molar-refractivity contribution in [2.75, 3.05) is 16.8 Å². The molecule has 5 rings (SSSR count). The number of hydrogen-bond acceptors (Lipinski definition) is 2. The molecule has 1 aliphatic rings. The molecule has 1 aromatic heterocycles. The summed E-state index contributed by atoms with van der Waals surface area (Å²) in [5.41, 5.74) is 8.89. The molecule has 0 atom stereocenters. The molecule has 200 valence electrons. The first-order chi connectivity index (χ1) is 19.5. The Kier molecular flexibility index (Phi) is 8.02. The van der Waals surface area contributed by atoms with Crippen LogP contribution in [-0.4, -0.2) is 11.6 Å². The summed E-state index contributed by atoms with van der Waals surface area (Å²) >= 11 is 0. The Morgan fingerprint density at radius 2 is 1.75 bits per heavy atom. The number of aromatic nitrogens is 1. The molecule has 0 spiro atoms. The maximum Gasteiger partial charge on any atom is 0.0518 e. The lowest BCUT2D eigenvalue weighted by Crippen LogP contribution is -2.23. The zero-order valence-corrected chi connectivity index (χ0v) is 23.7. The van der Waals surface area contributed by atoms with Gasteiger partial charge in [-0.2, -0.15) is 0 Å². The van der Waals surface area contributed by atoms with Crippen LogP contribution in [0.2, 0.25) is 0 Å². The number of nitrogens with zero attached hydrogens (tertiary/aromatic N) is 3. The lowest BCUT2D eigenvalue weighted by molar-refractivity contribution is 1.01. The average molecular weight is 524 g/mol. The highest BCUT2D eigenvalue weighted by atomic mass is 15.2. The Bertz CT molecular complexity index is 1710. The summed E-state index contributed by atoms with van der Waals surface area (Å²) in [5, 5.41) is 2.49. The minimum Gasteiger partial charge on any atom is -0.344 e. The minimum absolute atomic E-state index is 0.793. The van der Waals surface area contributed by atoms with Crippen molar-refractivity contribution in [2.45, 2.75) is 19.8 Å². The van der Waals surface area contributed by atoms with Crippen molar-refractivity contribution in [1.29, 1.82) is 0 Å². The third-order valence-electron chi connectivity index (χ3n) is 7.41. The van der Waals surface area contributed by atoms with Gasteiger partial charge in [0.15, 0.2) is 0 Å². The third-order valence-corrected chi connectivity index (χ3v) is 7.41. The molecule has 0 radical (unpaired) electrons. The molecule has 0 saturated carbocycles. The Morgan fingerprint density at radius 3 is 2.52 bits per heavy atom. The second-order valence-corrected chi connectivity index (χ2v) is 9.95. The minimum atomic E-state index is 0.793. The monoisotopic (exact) mass is 523 g/mol. The summed E-state index contributed by atoms with van der Waals surface area (Å²) in [7, 11) is 4.31. The number of fused-ring (bicyclic) bond motifs is 3. The van der Waals surface area contributed by atoms with Crippen molar-refractivity contribution in [1.82, 2.24) is 4.57 Å². The van der Waals surface area contributed by atoms with Crippen LogP contribution in [0.4, 0.5) is 11.4 Å². The fourth-order valence-electron chi connectivity index (χ4n) is 5.44. The van der Waals surface area contributed by atoms with E-state index in [4.69, 9.17) is 0 Å². The summed E-state index contributed by atoms with van der Waals surface area (Å²) < 4.78 is 2.30. The number of allylic oxidation sites excluding steroid dienone is 9. The quantitative estimate of drug-likeness (QED) is 0.176. The average Bonchev–Trinajstić information content (AvgIpc) is 3.31. The first-order valence-electron chi connectivity index (χ1n) is 13.8. The van der Waals surface area contributed by atoms with Gasteiger partial charge in [0.1, 0.15) is 0 Å². The Balaban J connectivity index is 1.85. The third kappa shape index (κ3) is 5.11. The van der Waals surface area contributed by atoms with E-state index >= 15 is 0 Å². The van der Waals surface area contributed by atoms with Gasteiger partial charge >= 0.3 is 0 Å². The number of hydrogen-bond donors (Lipinski definition) is 0. The summed E-state index contributed by atoms with van der Waals surface area (Å²) in [6.45, 7) is 10.5. The van der Waals surface area contributed by atoms with Crippen molar-refractivity contribution < 1.29 is 0 Å². The molecule has 0 saturated heterocycles. The molecule has 1 aliphatic heterocycles. The molecule has 0 bridgehead atoms. The molecule has 4 aromatic rings. The van der Waals surface area contributed by atoms with Crippen LogP contribution in [0.5, 0.6) is 0 Å². The number of aryl methyl sites for hydroxylation is 1. The standard InChI is InChI=1S/C37H37N3/c1-6-8-20-29(18-7-2)38(4)37-26-32-31-23-16-17-24-34(31)39(5)36(32)27-33(37)35-25-15-10-9-12-19-28(3)40(35)30-21-13-11-14-22-30/h6-7,9-14,16-27H,1,3,8,15H2,2,4-5H3/b10-9-,18-7-,19-12-,29-20?,35-25-. The second kappa shape index (κ2) is 12.0. The molecule has 3 nitrogen and oxygen atoms in total. The fourth-order valence-corrected chi connectivity index (χ4v) is 5.44. The fraction of sp³-hybridized carbons (Fsp3) is 0.135.